The van der Waals surface area contributed by atoms with Crippen LogP contribution >= 0.6 is 0 Å². The van der Waals surface area contributed by atoms with Gasteiger partial charge in [-0.15, -0.1) is 0 Å². The van der Waals surface area contributed by atoms with Gasteiger partial charge in [0.15, 0.2) is 0 Å². The molecule has 3 rings (SSSR count). The van der Waals surface area contributed by atoms with E-state index in [2.05, 4.69) is 10.3 Å². The van der Waals surface area contributed by atoms with Crippen LogP contribution in [0.15, 0.2) is 24.5 Å². The van der Waals surface area contributed by atoms with Crippen molar-refractivity contribution in [2.24, 2.45) is 11.8 Å². The summed E-state index contributed by atoms with van der Waals surface area (Å²) in [5, 5.41) is 2.99. The highest BCUT2D eigenvalue weighted by atomic mass is 16.2. The molecule has 2 fully saturated rings. The molecule has 1 aliphatic carbocycles. The summed E-state index contributed by atoms with van der Waals surface area (Å²) in [5.74, 6) is 0.207. The van der Waals surface area contributed by atoms with E-state index in [1.54, 1.807) is 23.4 Å². The van der Waals surface area contributed by atoms with E-state index < -0.39 is 11.6 Å². The zero-order valence-corrected chi connectivity index (χ0v) is 12.7. The number of amides is 2. The highest BCUT2D eigenvalue weighted by Gasteiger charge is 2.56. The first-order chi connectivity index (χ1) is 9.95. The van der Waals surface area contributed by atoms with Gasteiger partial charge < -0.3 is 5.32 Å². The highest BCUT2D eigenvalue weighted by Crippen LogP contribution is 2.43. The predicted octanol–water partition coefficient (Wildman–Crippen LogP) is 1.74. The average molecular weight is 287 g/mol. The van der Waals surface area contributed by atoms with E-state index in [0.717, 1.165) is 12.8 Å². The molecule has 2 atom stereocenters. The minimum atomic E-state index is -0.779. The number of rotatable bonds is 3. The van der Waals surface area contributed by atoms with Crippen LogP contribution in [0.5, 0.6) is 0 Å². The van der Waals surface area contributed by atoms with Crippen LogP contribution in [0.4, 0.5) is 5.69 Å². The first-order valence-electron chi connectivity index (χ1n) is 7.51. The van der Waals surface area contributed by atoms with Crippen molar-refractivity contribution in [3.63, 3.8) is 0 Å². The molecule has 0 spiro atoms. The van der Waals surface area contributed by atoms with E-state index in [0.29, 0.717) is 5.69 Å². The van der Waals surface area contributed by atoms with Crippen molar-refractivity contribution < 1.29 is 9.59 Å². The molecule has 2 heterocycles. The van der Waals surface area contributed by atoms with Crippen LogP contribution in [0.1, 0.15) is 33.6 Å². The maximum absolute atomic E-state index is 13.1. The van der Waals surface area contributed by atoms with E-state index in [-0.39, 0.29) is 23.7 Å². The van der Waals surface area contributed by atoms with Gasteiger partial charge in [0.25, 0.3) is 5.91 Å². The van der Waals surface area contributed by atoms with Crippen LogP contribution < -0.4 is 10.2 Å². The van der Waals surface area contributed by atoms with Crippen molar-refractivity contribution in [3.05, 3.63) is 24.5 Å². The van der Waals surface area contributed by atoms with Crippen LogP contribution in [0.25, 0.3) is 0 Å². The molecule has 1 aromatic heterocycles. The number of carbonyl (C=O) groups excluding carboxylic acids is 2. The summed E-state index contributed by atoms with van der Waals surface area (Å²) in [6.45, 7) is 5.77. The Morgan fingerprint density at radius 1 is 1.38 bits per heavy atom. The Hall–Kier alpha value is -1.91. The van der Waals surface area contributed by atoms with Gasteiger partial charge in [0, 0.05) is 6.20 Å². The first-order valence-corrected chi connectivity index (χ1v) is 7.51. The molecule has 1 saturated carbocycles. The minimum Gasteiger partial charge on any atom is -0.340 e. The average Bonchev–Trinajstić information content (AvgIpc) is 3.28. The molecule has 0 aromatic carbocycles. The Bertz CT molecular complexity index is 568. The number of pyridine rings is 1. The Morgan fingerprint density at radius 3 is 2.62 bits per heavy atom. The summed E-state index contributed by atoms with van der Waals surface area (Å²) < 4.78 is 0. The van der Waals surface area contributed by atoms with E-state index in [9.17, 15) is 9.59 Å². The van der Waals surface area contributed by atoms with Crippen LogP contribution in [-0.4, -0.2) is 28.4 Å². The lowest BCUT2D eigenvalue weighted by atomic mass is 9.86. The van der Waals surface area contributed by atoms with E-state index in [1.165, 1.54) is 0 Å². The molecule has 5 heteroatoms. The van der Waals surface area contributed by atoms with Gasteiger partial charge >= 0.3 is 0 Å². The maximum atomic E-state index is 13.1. The molecule has 0 radical (unpaired) electrons. The Labute approximate surface area is 124 Å². The summed E-state index contributed by atoms with van der Waals surface area (Å²) in [6.07, 6.45) is 5.31. The molecular formula is C16H21N3O2. The van der Waals surface area contributed by atoms with Gasteiger partial charge in [-0.05, 0) is 43.7 Å². The first kappa shape index (κ1) is 14.0. The topological polar surface area (TPSA) is 62.3 Å². The number of piperazine rings is 1. The predicted molar refractivity (Wildman–Crippen MR) is 79.6 cm³/mol. The van der Waals surface area contributed by atoms with Gasteiger partial charge in [-0.25, -0.2) is 0 Å². The molecule has 21 heavy (non-hydrogen) atoms. The van der Waals surface area contributed by atoms with Gasteiger partial charge in [-0.1, -0.05) is 13.8 Å². The SMILES string of the molecule is CC(C)C1C(=O)NC(C)(C2CC2)C(=O)N1c1cccnc1. The lowest BCUT2D eigenvalue weighted by molar-refractivity contribution is -0.139. The number of aromatic nitrogens is 1. The fourth-order valence-electron chi connectivity index (χ4n) is 3.19. The van der Waals surface area contributed by atoms with Crippen LogP contribution in [0.3, 0.4) is 0 Å². The molecule has 1 N–H and O–H groups in total. The Balaban J connectivity index is 2.05. The van der Waals surface area contributed by atoms with Crippen molar-refractivity contribution in [3.8, 4) is 0 Å². The molecule has 112 valence electrons. The lowest BCUT2D eigenvalue weighted by Crippen LogP contribution is -2.71. The number of hydrogen-bond acceptors (Lipinski definition) is 3. The smallest absolute Gasteiger partial charge is 0.253 e. The number of hydrogen-bond donors (Lipinski definition) is 1. The molecule has 2 aliphatic rings. The summed E-state index contributed by atoms with van der Waals surface area (Å²) in [7, 11) is 0. The Morgan fingerprint density at radius 2 is 2.10 bits per heavy atom. The van der Waals surface area contributed by atoms with Crippen molar-refractivity contribution >= 4 is 17.5 Å². The van der Waals surface area contributed by atoms with E-state index >= 15 is 0 Å². The third kappa shape index (κ3) is 2.20. The van der Waals surface area contributed by atoms with Crippen LogP contribution in [0.2, 0.25) is 0 Å². The van der Waals surface area contributed by atoms with Gasteiger partial charge in [0.2, 0.25) is 5.91 Å². The molecule has 1 aromatic rings. The summed E-state index contributed by atoms with van der Waals surface area (Å²) >= 11 is 0. The summed E-state index contributed by atoms with van der Waals surface area (Å²) in [4.78, 5) is 31.4. The zero-order chi connectivity index (χ0) is 15.2. The quantitative estimate of drug-likeness (QED) is 0.921. The van der Waals surface area contributed by atoms with Crippen LogP contribution in [-0.2, 0) is 9.59 Å². The number of nitrogens with one attached hydrogen (secondary N) is 1. The fraction of sp³-hybridized carbons (Fsp3) is 0.562. The molecule has 5 nitrogen and oxygen atoms in total. The van der Waals surface area contributed by atoms with Gasteiger partial charge in [0.05, 0.1) is 11.9 Å². The largest absolute Gasteiger partial charge is 0.340 e. The normalized spacial score (nSPS) is 29.7. The van der Waals surface area contributed by atoms with Crippen molar-refractivity contribution in [1.82, 2.24) is 10.3 Å². The standard InChI is InChI=1S/C16H21N3O2/c1-10(2)13-14(20)18-16(3,11-6-7-11)15(21)19(13)12-5-4-8-17-9-12/h4-5,8-11,13H,6-7H2,1-3H3,(H,18,20). The van der Waals surface area contributed by atoms with E-state index in [4.69, 9.17) is 0 Å². The fourth-order valence-corrected chi connectivity index (χ4v) is 3.19. The molecule has 2 amide bonds. The third-order valence-corrected chi connectivity index (χ3v) is 4.54. The molecule has 1 saturated heterocycles. The second-order valence-corrected chi connectivity index (χ2v) is 6.54. The van der Waals surface area contributed by atoms with Gasteiger partial charge in [-0.2, -0.15) is 0 Å². The lowest BCUT2D eigenvalue weighted by Gasteiger charge is -2.45. The van der Waals surface area contributed by atoms with Crippen LogP contribution in [0, 0.1) is 11.8 Å². The summed E-state index contributed by atoms with van der Waals surface area (Å²) in [5.41, 5.74) is -0.0823. The molecule has 2 unspecified atom stereocenters. The van der Waals surface area contributed by atoms with Crippen molar-refractivity contribution in [1.29, 1.82) is 0 Å². The zero-order valence-electron chi connectivity index (χ0n) is 12.7. The highest BCUT2D eigenvalue weighted by molar-refractivity contribution is 6.11. The number of carbonyl (C=O) groups is 2. The maximum Gasteiger partial charge on any atom is 0.253 e. The molecule has 0 bridgehead atoms. The second-order valence-electron chi connectivity index (χ2n) is 6.54. The van der Waals surface area contributed by atoms with Gasteiger partial charge in [-0.3, -0.25) is 19.5 Å². The van der Waals surface area contributed by atoms with Crippen molar-refractivity contribution in [2.45, 2.75) is 45.2 Å². The van der Waals surface area contributed by atoms with Crippen molar-refractivity contribution in [2.75, 3.05) is 4.90 Å². The number of anilines is 1. The third-order valence-electron chi connectivity index (χ3n) is 4.54. The van der Waals surface area contributed by atoms with E-state index in [1.807, 2.05) is 26.8 Å². The minimum absolute atomic E-state index is 0.0173. The molecule has 1 aliphatic heterocycles. The second kappa shape index (κ2) is 4.83. The monoisotopic (exact) mass is 287 g/mol. The van der Waals surface area contributed by atoms with Gasteiger partial charge in [0.1, 0.15) is 11.6 Å². The number of nitrogens with zero attached hydrogens (tertiary/aromatic N) is 2. The molecular weight excluding hydrogens is 266 g/mol. The Kier molecular flexibility index (Phi) is 3.23. The summed E-state index contributed by atoms with van der Waals surface area (Å²) in [6, 6.07) is 3.15.